The molecule has 0 saturated carbocycles. The van der Waals surface area contributed by atoms with Crippen molar-refractivity contribution in [3.8, 4) is 79.4 Å². The van der Waals surface area contributed by atoms with Crippen molar-refractivity contribution in [3.05, 3.63) is 265 Å². The van der Waals surface area contributed by atoms with Gasteiger partial charge in [0.15, 0.2) is 11.5 Å². The van der Waals surface area contributed by atoms with Crippen LogP contribution in [0.15, 0.2) is 217 Å². The van der Waals surface area contributed by atoms with Gasteiger partial charge in [-0.15, -0.1) is 0 Å². The van der Waals surface area contributed by atoms with E-state index in [1.807, 2.05) is 91.0 Å². The number of pyridine rings is 1. The van der Waals surface area contributed by atoms with Gasteiger partial charge in [-0.2, -0.15) is 0 Å². The smallest absolute Gasteiger partial charge is 0.258 e. The van der Waals surface area contributed by atoms with E-state index in [9.17, 15) is 18.8 Å². The van der Waals surface area contributed by atoms with Gasteiger partial charge >= 0.3 is 0 Å². The number of anilines is 3. The number of rotatable bonds is 14. The zero-order valence-electron chi connectivity index (χ0n) is 46.7. The summed E-state index contributed by atoms with van der Waals surface area (Å²) in [5.74, 6) is 0.616. The summed E-state index contributed by atoms with van der Waals surface area (Å²) in [4.78, 5) is 64.8. The van der Waals surface area contributed by atoms with Crippen LogP contribution in [0.4, 0.5) is 21.5 Å². The fourth-order valence-electron chi connectivity index (χ4n) is 8.92. The van der Waals surface area contributed by atoms with E-state index in [4.69, 9.17) is 67.5 Å². The van der Waals surface area contributed by atoms with Gasteiger partial charge in [-0.05, 0) is 118 Å². The molecule has 0 radical (unpaired) electrons. The number of H-pyrrole nitrogens is 3. The second-order valence-electron chi connectivity index (χ2n) is 19.1. The standard InChI is InChI=1S/C24H19Cl2N3O3.C22H14BrClFN3O.C21H14Cl2N4O/c1-31-20-11-9-16(21(26)22(20)32-2)24(30)28-15-8-10-18(25)17(12-15)23-27-13-19(29-23)14-6-4-3-5-7-14;23-17-8-4-7-15(20(17)25)22(29)27-14-9-10-18(24)16(11-14)21-26-12-19(28-21)13-5-2-1-3-6-13;22-17-7-6-14(26-21(28)15-8-9-24-11-18(15)23)10-16(17)20-25-12-19(27-20)13-4-2-1-3-5-13/h3-13H,1-2H3,(H,27,29)(H,28,30);1-12H,(H,26,28)(H,27,29);1-12H,(H,25,27)(H,26,28). The van der Waals surface area contributed by atoms with E-state index >= 15 is 0 Å². The maximum Gasteiger partial charge on any atom is 0.258 e. The number of aromatic nitrogens is 7. The van der Waals surface area contributed by atoms with Crippen molar-refractivity contribution >= 4 is 109 Å². The minimum Gasteiger partial charge on any atom is -0.493 e. The lowest BCUT2D eigenvalue weighted by Gasteiger charge is -2.13. The molecule has 4 heterocycles. The van der Waals surface area contributed by atoms with Gasteiger partial charge in [0.1, 0.15) is 23.3 Å². The lowest BCUT2D eigenvalue weighted by atomic mass is 10.1. The van der Waals surface area contributed by atoms with Gasteiger partial charge in [-0.1, -0.05) is 155 Å². The van der Waals surface area contributed by atoms with Crippen molar-refractivity contribution in [2.75, 3.05) is 30.2 Å². The van der Waals surface area contributed by atoms with Crippen molar-refractivity contribution in [2.45, 2.75) is 0 Å². The summed E-state index contributed by atoms with van der Waals surface area (Å²) in [5, 5.41) is 10.3. The molecule has 0 spiro atoms. The summed E-state index contributed by atoms with van der Waals surface area (Å²) in [6.45, 7) is 0. The zero-order chi connectivity index (χ0) is 62.6. The van der Waals surface area contributed by atoms with Crippen molar-refractivity contribution in [2.24, 2.45) is 0 Å². The molecule has 0 unspecified atom stereocenters. The maximum atomic E-state index is 14.2. The first-order chi connectivity index (χ1) is 43.2. The van der Waals surface area contributed by atoms with E-state index < -0.39 is 17.6 Å². The van der Waals surface area contributed by atoms with Gasteiger partial charge in [0.25, 0.3) is 17.7 Å². The minimum atomic E-state index is -0.613. The first-order valence-electron chi connectivity index (χ1n) is 26.7. The number of hydrogen-bond donors (Lipinski definition) is 6. The Morgan fingerprint density at radius 3 is 1.27 bits per heavy atom. The first-order valence-corrected chi connectivity index (χ1v) is 29.4. The Kier molecular flexibility index (Phi) is 20.3. The van der Waals surface area contributed by atoms with E-state index in [1.165, 1.54) is 38.7 Å². The predicted octanol–water partition coefficient (Wildman–Crippen LogP) is 18.6. The fourth-order valence-corrected chi connectivity index (χ4v) is 10.4. The highest BCUT2D eigenvalue weighted by atomic mass is 79.9. The van der Waals surface area contributed by atoms with Crippen LogP contribution in [0.5, 0.6) is 11.5 Å². The molecule has 0 aliphatic heterocycles. The average Bonchev–Trinajstić information content (AvgIpc) is 3.84. The van der Waals surface area contributed by atoms with Gasteiger partial charge in [0, 0.05) is 46.1 Å². The molecule has 12 aromatic rings. The SMILES string of the molecule is COc1ccc(C(=O)Nc2ccc(Cl)c(-c3ncc(-c4ccccc4)[nH]3)c2)c(Cl)c1OC.O=C(Nc1ccc(Cl)c(-c2ncc(-c3ccccc3)[nH]2)c1)c1cccc(Br)c1F.O=C(Nc1ccc(Cl)c(-c2ncc(-c3ccccc3)[nH]2)c1)c1ccncc1Cl. The molecule has 0 bridgehead atoms. The molecule has 0 aliphatic carbocycles. The second kappa shape index (κ2) is 28.9. The molecule has 6 N–H and O–H groups in total. The van der Waals surface area contributed by atoms with E-state index in [-0.39, 0.29) is 31.6 Å². The Morgan fingerprint density at radius 2 is 0.865 bits per heavy atom. The van der Waals surface area contributed by atoms with Crippen LogP contribution in [0.25, 0.3) is 67.9 Å². The monoisotopic (exact) mass is 1340 g/mol. The Balaban J connectivity index is 0.000000147. The quantitative estimate of drug-likeness (QED) is 0.0612. The lowest BCUT2D eigenvalue weighted by Crippen LogP contribution is -2.14. The number of nitrogens with one attached hydrogen (secondary N) is 6. The summed E-state index contributed by atoms with van der Waals surface area (Å²) < 4.78 is 24.9. The number of amides is 3. The van der Waals surface area contributed by atoms with Gasteiger partial charge in [-0.25, -0.2) is 19.3 Å². The summed E-state index contributed by atoms with van der Waals surface area (Å²) >= 11 is 34.6. The zero-order valence-corrected chi connectivity index (χ0v) is 52.0. The van der Waals surface area contributed by atoms with Crippen LogP contribution < -0.4 is 25.4 Å². The van der Waals surface area contributed by atoms with Crippen LogP contribution in [-0.4, -0.2) is 66.8 Å². The molecule has 444 valence electrons. The summed E-state index contributed by atoms with van der Waals surface area (Å²) in [6.07, 6.45) is 8.17. The van der Waals surface area contributed by atoms with Gasteiger partial charge in [-0.3, -0.25) is 19.4 Å². The molecule has 0 aliphatic rings. The van der Waals surface area contributed by atoms with Crippen molar-refractivity contribution in [1.29, 1.82) is 0 Å². The molecule has 4 aromatic heterocycles. The van der Waals surface area contributed by atoms with Crippen LogP contribution in [0.2, 0.25) is 25.1 Å². The number of carbonyl (C=O) groups excluding carboxylic acids is 3. The van der Waals surface area contributed by atoms with Crippen LogP contribution in [0.1, 0.15) is 31.1 Å². The summed E-state index contributed by atoms with van der Waals surface area (Å²) in [7, 11) is 2.96. The largest absolute Gasteiger partial charge is 0.493 e. The highest BCUT2D eigenvalue weighted by Crippen LogP contribution is 2.39. The number of methoxy groups -OCH3 is 2. The maximum absolute atomic E-state index is 14.2. The Labute approximate surface area is 542 Å². The van der Waals surface area contributed by atoms with Gasteiger partial charge in [0.05, 0.1) is 96.2 Å². The minimum absolute atomic E-state index is 0.0553. The molecule has 12 rings (SSSR count). The van der Waals surface area contributed by atoms with E-state index in [0.717, 1.165) is 33.8 Å². The highest BCUT2D eigenvalue weighted by molar-refractivity contribution is 9.10. The Bertz CT molecular complexity index is 4520. The van der Waals surface area contributed by atoms with Gasteiger partial charge < -0.3 is 40.4 Å². The number of benzene rings is 8. The van der Waals surface area contributed by atoms with Crippen LogP contribution >= 0.6 is 73.9 Å². The molecule has 15 nitrogen and oxygen atoms in total. The molecule has 3 amide bonds. The van der Waals surface area contributed by atoms with E-state index in [2.05, 4.69) is 66.8 Å². The first kappa shape index (κ1) is 62.5. The highest BCUT2D eigenvalue weighted by Gasteiger charge is 2.21. The van der Waals surface area contributed by atoms with Crippen LogP contribution in [-0.2, 0) is 0 Å². The summed E-state index contributed by atoms with van der Waals surface area (Å²) in [6, 6.07) is 54.2. The number of nitrogens with zero attached hydrogens (tertiary/aromatic N) is 4. The van der Waals surface area contributed by atoms with Crippen molar-refractivity contribution in [3.63, 3.8) is 0 Å². The number of aromatic amines is 3. The van der Waals surface area contributed by atoms with Crippen LogP contribution in [0, 0.1) is 5.82 Å². The molecular weight excluding hydrogens is 1300 g/mol. The molecule has 89 heavy (non-hydrogen) atoms. The summed E-state index contributed by atoms with van der Waals surface area (Å²) in [5.41, 5.74) is 9.73. The Morgan fingerprint density at radius 1 is 0.449 bits per heavy atom. The number of carbonyl (C=O) groups is 3. The Hall–Kier alpha value is -9.59. The van der Waals surface area contributed by atoms with E-state index in [1.54, 1.807) is 97.5 Å². The predicted molar refractivity (Wildman–Crippen MR) is 355 cm³/mol. The number of ether oxygens (including phenoxy) is 2. The van der Waals surface area contributed by atoms with Crippen molar-refractivity contribution in [1.82, 2.24) is 34.9 Å². The number of imidazole rings is 3. The third kappa shape index (κ3) is 15.0. The average molecular weight is 1350 g/mol. The second-order valence-corrected chi connectivity index (χ2v) is 22.0. The molecule has 0 fully saturated rings. The molecule has 0 atom stereocenters. The molecule has 0 saturated heterocycles. The number of halogens is 7. The molecule has 22 heteroatoms. The molecular formula is C67H47BrCl5FN10O5. The van der Waals surface area contributed by atoms with Crippen molar-refractivity contribution < 1.29 is 28.2 Å². The van der Waals surface area contributed by atoms with Crippen LogP contribution in [0.3, 0.4) is 0 Å². The molecule has 8 aromatic carbocycles. The van der Waals surface area contributed by atoms with E-state index in [0.29, 0.717) is 83.4 Å². The topological polar surface area (TPSA) is 205 Å². The third-order valence-corrected chi connectivity index (χ3v) is 15.6. The van der Waals surface area contributed by atoms with Gasteiger partial charge in [0.2, 0.25) is 0 Å². The lowest BCUT2D eigenvalue weighted by molar-refractivity contribution is 0.101. The third-order valence-electron chi connectivity index (χ3n) is 13.4. The fraction of sp³-hybridized carbons (Fsp3) is 0.0299. The number of hydrogen-bond acceptors (Lipinski definition) is 9. The normalized spacial score (nSPS) is 10.7.